The van der Waals surface area contributed by atoms with E-state index in [1.807, 2.05) is 0 Å². The second kappa shape index (κ2) is 9.80. The molecule has 1 heterocycles. The van der Waals surface area contributed by atoms with Crippen molar-refractivity contribution in [3.05, 3.63) is 0 Å². The lowest BCUT2D eigenvalue weighted by Gasteiger charge is -2.19. The smallest absolute Gasteiger partial charge is 0.0730 e. The van der Waals surface area contributed by atoms with E-state index in [1.54, 1.807) is 0 Å². The van der Waals surface area contributed by atoms with Crippen LogP contribution in [-0.4, -0.2) is 18.2 Å². The molecule has 18 heavy (non-hydrogen) atoms. The minimum Gasteiger partial charge on any atom is -0.374 e. The van der Waals surface area contributed by atoms with Gasteiger partial charge in [0.1, 0.15) is 0 Å². The van der Waals surface area contributed by atoms with Crippen molar-refractivity contribution in [1.82, 2.24) is 0 Å². The molecule has 2 heteroatoms. The second-order valence-electron chi connectivity index (χ2n) is 5.99. The Morgan fingerprint density at radius 1 is 1.00 bits per heavy atom. The number of hydrogen-bond acceptors (Lipinski definition) is 2. The quantitative estimate of drug-likeness (QED) is 0.587. The van der Waals surface area contributed by atoms with E-state index in [9.17, 15) is 0 Å². The minimum absolute atomic E-state index is 0.273. The number of ether oxygens (including phenoxy) is 1. The highest BCUT2D eigenvalue weighted by atomic mass is 16.5. The molecule has 1 aliphatic heterocycles. The normalized spacial score (nSPS) is 25.5. The van der Waals surface area contributed by atoms with Crippen molar-refractivity contribution in [2.75, 3.05) is 0 Å². The third-order valence-corrected chi connectivity index (χ3v) is 4.13. The van der Waals surface area contributed by atoms with Crippen LogP contribution < -0.4 is 5.73 Å². The Morgan fingerprint density at radius 2 is 1.61 bits per heavy atom. The van der Waals surface area contributed by atoms with Gasteiger partial charge in [-0.15, -0.1) is 0 Å². The van der Waals surface area contributed by atoms with Crippen molar-refractivity contribution in [3.8, 4) is 0 Å². The largest absolute Gasteiger partial charge is 0.374 e. The molecule has 2 nitrogen and oxygen atoms in total. The molecular weight excluding hydrogens is 222 g/mol. The van der Waals surface area contributed by atoms with Crippen LogP contribution in [0.5, 0.6) is 0 Å². The Kier molecular flexibility index (Phi) is 8.70. The molecule has 0 saturated carbocycles. The van der Waals surface area contributed by atoms with Crippen LogP contribution >= 0.6 is 0 Å². The van der Waals surface area contributed by atoms with Gasteiger partial charge in [-0.3, -0.25) is 0 Å². The van der Waals surface area contributed by atoms with Gasteiger partial charge in [-0.05, 0) is 26.2 Å². The highest BCUT2D eigenvalue weighted by Gasteiger charge is 2.26. The summed E-state index contributed by atoms with van der Waals surface area (Å²) in [6, 6.07) is 0.273. The van der Waals surface area contributed by atoms with Crippen LogP contribution in [0.25, 0.3) is 0 Å². The molecule has 0 radical (unpaired) electrons. The molecular formula is C16H33NO. The molecule has 0 aliphatic carbocycles. The molecule has 3 unspecified atom stereocenters. The van der Waals surface area contributed by atoms with Gasteiger partial charge in [0, 0.05) is 6.04 Å². The van der Waals surface area contributed by atoms with E-state index in [4.69, 9.17) is 10.5 Å². The maximum absolute atomic E-state index is 6.20. The first-order chi connectivity index (χ1) is 8.74. The van der Waals surface area contributed by atoms with Gasteiger partial charge in [0.15, 0.2) is 0 Å². The van der Waals surface area contributed by atoms with E-state index in [0.717, 1.165) is 6.42 Å². The highest BCUT2D eigenvalue weighted by molar-refractivity contribution is 4.80. The van der Waals surface area contributed by atoms with E-state index in [1.165, 1.54) is 64.2 Å². The maximum Gasteiger partial charge on any atom is 0.0730 e. The molecule has 0 amide bonds. The number of rotatable bonds is 10. The summed E-state index contributed by atoms with van der Waals surface area (Å²) in [5.41, 5.74) is 6.20. The van der Waals surface area contributed by atoms with Crippen LogP contribution in [0.15, 0.2) is 0 Å². The van der Waals surface area contributed by atoms with Gasteiger partial charge in [0.05, 0.1) is 12.2 Å². The predicted octanol–water partition coefficient (Wildman–Crippen LogP) is 4.41. The van der Waals surface area contributed by atoms with E-state index < -0.39 is 0 Å². The first kappa shape index (κ1) is 16.0. The molecule has 0 aromatic carbocycles. The summed E-state index contributed by atoms with van der Waals surface area (Å²) in [5, 5.41) is 0. The molecule has 1 fully saturated rings. The van der Waals surface area contributed by atoms with Crippen molar-refractivity contribution in [1.29, 1.82) is 0 Å². The predicted molar refractivity (Wildman–Crippen MR) is 78.8 cm³/mol. The monoisotopic (exact) mass is 255 g/mol. The molecule has 1 aliphatic rings. The van der Waals surface area contributed by atoms with Gasteiger partial charge in [-0.2, -0.15) is 0 Å². The molecule has 1 rings (SSSR count). The van der Waals surface area contributed by atoms with E-state index in [-0.39, 0.29) is 6.04 Å². The molecule has 1 saturated heterocycles. The lowest BCUT2D eigenvalue weighted by atomic mass is 10.0. The van der Waals surface area contributed by atoms with Crippen LogP contribution in [0, 0.1) is 0 Å². The average molecular weight is 255 g/mol. The topological polar surface area (TPSA) is 35.2 Å². The summed E-state index contributed by atoms with van der Waals surface area (Å²) in [7, 11) is 0. The van der Waals surface area contributed by atoms with E-state index in [2.05, 4.69) is 13.8 Å². The van der Waals surface area contributed by atoms with Gasteiger partial charge in [-0.1, -0.05) is 58.3 Å². The highest BCUT2D eigenvalue weighted by Crippen LogP contribution is 2.23. The number of nitrogens with two attached hydrogens (primary N) is 1. The summed E-state index contributed by atoms with van der Waals surface area (Å²) in [4.78, 5) is 0. The molecule has 0 aromatic rings. The molecule has 0 bridgehead atoms. The van der Waals surface area contributed by atoms with Gasteiger partial charge in [0.25, 0.3) is 0 Å². The molecule has 108 valence electrons. The first-order valence-corrected chi connectivity index (χ1v) is 8.15. The van der Waals surface area contributed by atoms with Gasteiger partial charge < -0.3 is 10.5 Å². The van der Waals surface area contributed by atoms with Crippen molar-refractivity contribution in [3.63, 3.8) is 0 Å². The number of hydrogen-bond donors (Lipinski definition) is 1. The van der Waals surface area contributed by atoms with Gasteiger partial charge in [-0.25, -0.2) is 0 Å². The van der Waals surface area contributed by atoms with Gasteiger partial charge in [0.2, 0.25) is 0 Å². The third-order valence-electron chi connectivity index (χ3n) is 4.13. The fourth-order valence-corrected chi connectivity index (χ4v) is 2.85. The van der Waals surface area contributed by atoms with Crippen LogP contribution in [0.2, 0.25) is 0 Å². The standard InChI is InChI=1S/C16H33NO/c1-3-4-5-6-7-8-9-10-11-15(17)16-13-12-14(2)18-16/h14-16H,3-13,17H2,1-2H3. The minimum atomic E-state index is 0.273. The van der Waals surface area contributed by atoms with Crippen molar-refractivity contribution < 1.29 is 4.74 Å². The zero-order chi connectivity index (χ0) is 13.2. The maximum atomic E-state index is 6.20. The SMILES string of the molecule is CCCCCCCCCCC(N)C1CCC(C)O1. The Hall–Kier alpha value is -0.0800. The summed E-state index contributed by atoms with van der Waals surface area (Å²) in [5.74, 6) is 0. The Bertz CT molecular complexity index is 196. The summed E-state index contributed by atoms with van der Waals surface area (Å²) >= 11 is 0. The fourth-order valence-electron chi connectivity index (χ4n) is 2.85. The number of unbranched alkanes of at least 4 members (excludes halogenated alkanes) is 7. The van der Waals surface area contributed by atoms with E-state index >= 15 is 0 Å². The van der Waals surface area contributed by atoms with Crippen molar-refractivity contribution >= 4 is 0 Å². The molecule has 2 N–H and O–H groups in total. The summed E-state index contributed by atoms with van der Waals surface area (Å²) in [6.07, 6.45) is 15.3. The van der Waals surface area contributed by atoms with Crippen LogP contribution in [0.3, 0.4) is 0 Å². The van der Waals surface area contributed by atoms with Crippen LogP contribution in [-0.2, 0) is 4.74 Å². The summed E-state index contributed by atoms with van der Waals surface area (Å²) in [6.45, 7) is 4.43. The Balaban J connectivity index is 1.88. The zero-order valence-corrected chi connectivity index (χ0v) is 12.5. The molecule has 0 spiro atoms. The fraction of sp³-hybridized carbons (Fsp3) is 1.00. The Morgan fingerprint density at radius 3 is 2.17 bits per heavy atom. The summed E-state index contributed by atoms with van der Waals surface area (Å²) < 4.78 is 5.82. The Labute approximate surface area is 114 Å². The lowest BCUT2D eigenvalue weighted by molar-refractivity contribution is 0.0382. The zero-order valence-electron chi connectivity index (χ0n) is 12.5. The third kappa shape index (κ3) is 6.75. The van der Waals surface area contributed by atoms with Crippen LogP contribution in [0.4, 0.5) is 0 Å². The molecule has 3 atom stereocenters. The van der Waals surface area contributed by atoms with Crippen LogP contribution in [0.1, 0.15) is 84.5 Å². The average Bonchev–Trinajstić information content (AvgIpc) is 2.79. The molecule has 0 aromatic heterocycles. The van der Waals surface area contributed by atoms with E-state index in [0.29, 0.717) is 12.2 Å². The second-order valence-corrected chi connectivity index (χ2v) is 5.99. The van der Waals surface area contributed by atoms with Crippen molar-refractivity contribution in [2.45, 2.75) is 103 Å². The lowest BCUT2D eigenvalue weighted by Crippen LogP contribution is -2.34. The van der Waals surface area contributed by atoms with Gasteiger partial charge >= 0.3 is 0 Å². The van der Waals surface area contributed by atoms with Crippen molar-refractivity contribution in [2.24, 2.45) is 5.73 Å². The first-order valence-electron chi connectivity index (χ1n) is 8.15.